The Hall–Kier alpha value is -1.69. The van der Waals surface area contributed by atoms with E-state index in [1.807, 2.05) is 0 Å². The van der Waals surface area contributed by atoms with Gasteiger partial charge in [0.1, 0.15) is 0 Å². The predicted octanol–water partition coefficient (Wildman–Crippen LogP) is 1.08. The average Bonchev–Trinajstić information content (AvgIpc) is 2.40. The maximum atomic E-state index is 11.2. The van der Waals surface area contributed by atoms with Crippen LogP contribution in [0.5, 0.6) is 0 Å². The van der Waals surface area contributed by atoms with Crippen LogP contribution >= 0.6 is 0 Å². The second-order valence-electron chi connectivity index (χ2n) is 3.94. The summed E-state index contributed by atoms with van der Waals surface area (Å²) in [7, 11) is 1.32. The topological polar surface area (TPSA) is 67.3 Å². The number of methoxy groups -OCH3 is 1. The van der Waals surface area contributed by atoms with Crippen LogP contribution < -0.4 is 5.43 Å². The third-order valence-corrected chi connectivity index (χ3v) is 2.68. The molecule has 0 unspecified atom stereocenters. The number of carbonyl (C=O) groups excluding carboxylic acids is 1. The van der Waals surface area contributed by atoms with Gasteiger partial charge in [0.2, 0.25) is 0 Å². The van der Waals surface area contributed by atoms with E-state index in [4.69, 9.17) is 0 Å². The second kappa shape index (κ2) is 5.58. The number of aromatic nitrogens is 2. The molecule has 1 aromatic rings. The summed E-state index contributed by atoms with van der Waals surface area (Å²) in [4.78, 5) is 19.3. The molecule has 17 heavy (non-hydrogen) atoms. The van der Waals surface area contributed by atoms with E-state index in [-0.39, 0.29) is 5.69 Å². The summed E-state index contributed by atoms with van der Waals surface area (Å²) in [6, 6.07) is 0. The number of nitrogens with zero attached hydrogens (tertiary/aromatic N) is 3. The van der Waals surface area contributed by atoms with Gasteiger partial charge in [-0.2, -0.15) is 0 Å². The quantitative estimate of drug-likeness (QED) is 0.792. The number of anilines is 1. The van der Waals surface area contributed by atoms with Gasteiger partial charge in [0, 0.05) is 13.1 Å². The molecule has 0 spiro atoms. The Bertz CT molecular complexity index is 374. The standard InChI is InChI=1S/C11H16N4O2/c1-17-11(16)9-7-13-10(8-12-9)14-15-5-3-2-4-6-15/h7-8H,2-6H2,1H3,(H,13,14). The first-order chi connectivity index (χ1) is 8.29. The molecule has 2 heterocycles. The van der Waals surface area contributed by atoms with Gasteiger partial charge in [0.15, 0.2) is 11.5 Å². The first-order valence-corrected chi connectivity index (χ1v) is 5.71. The van der Waals surface area contributed by atoms with Crippen molar-refractivity contribution in [2.45, 2.75) is 19.3 Å². The van der Waals surface area contributed by atoms with Crippen molar-refractivity contribution >= 4 is 11.8 Å². The number of rotatable bonds is 3. The Kier molecular flexibility index (Phi) is 3.87. The van der Waals surface area contributed by atoms with Crippen molar-refractivity contribution in [3.05, 3.63) is 18.1 Å². The van der Waals surface area contributed by atoms with Crippen molar-refractivity contribution in [3.8, 4) is 0 Å². The molecule has 6 heteroatoms. The summed E-state index contributed by atoms with van der Waals surface area (Å²) < 4.78 is 4.55. The fourth-order valence-electron chi connectivity index (χ4n) is 1.76. The van der Waals surface area contributed by atoms with Gasteiger partial charge in [-0.25, -0.2) is 19.8 Å². The van der Waals surface area contributed by atoms with Crippen LogP contribution in [0.15, 0.2) is 12.4 Å². The largest absolute Gasteiger partial charge is 0.464 e. The number of ether oxygens (including phenoxy) is 1. The molecule has 1 fully saturated rings. The molecule has 1 saturated heterocycles. The maximum Gasteiger partial charge on any atom is 0.358 e. The molecule has 6 nitrogen and oxygen atoms in total. The molecule has 2 rings (SSSR count). The smallest absolute Gasteiger partial charge is 0.358 e. The van der Waals surface area contributed by atoms with Gasteiger partial charge >= 0.3 is 5.97 Å². The fourth-order valence-corrected chi connectivity index (χ4v) is 1.76. The van der Waals surface area contributed by atoms with E-state index in [0.29, 0.717) is 5.82 Å². The predicted molar refractivity (Wildman–Crippen MR) is 62.4 cm³/mol. The van der Waals surface area contributed by atoms with E-state index in [1.54, 1.807) is 6.20 Å². The summed E-state index contributed by atoms with van der Waals surface area (Å²) >= 11 is 0. The molecule has 1 N–H and O–H groups in total. The molecule has 0 amide bonds. The van der Waals surface area contributed by atoms with Crippen molar-refractivity contribution in [2.24, 2.45) is 0 Å². The van der Waals surface area contributed by atoms with Gasteiger partial charge < -0.3 is 10.2 Å². The minimum Gasteiger partial charge on any atom is -0.464 e. The van der Waals surface area contributed by atoms with Crippen molar-refractivity contribution in [3.63, 3.8) is 0 Å². The molecule has 1 aromatic heterocycles. The number of carbonyl (C=O) groups is 1. The lowest BCUT2D eigenvalue weighted by atomic mass is 10.2. The summed E-state index contributed by atoms with van der Waals surface area (Å²) in [6.45, 7) is 2.03. The Labute approximate surface area is 100.0 Å². The van der Waals surface area contributed by atoms with E-state index in [2.05, 4.69) is 25.1 Å². The van der Waals surface area contributed by atoms with Gasteiger partial charge in [-0.15, -0.1) is 0 Å². The summed E-state index contributed by atoms with van der Waals surface area (Å²) in [5.74, 6) is 0.182. The molecule has 0 saturated carbocycles. The van der Waals surface area contributed by atoms with Crippen LogP contribution in [0.2, 0.25) is 0 Å². The normalized spacial score (nSPS) is 16.5. The van der Waals surface area contributed by atoms with Crippen LogP contribution in [0.25, 0.3) is 0 Å². The van der Waals surface area contributed by atoms with Crippen molar-refractivity contribution in [1.82, 2.24) is 15.0 Å². The lowest BCUT2D eigenvalue weighted by Crippen LogP contribution is -2.35. The van der Waals surface area contributed by atoms with Crippen LogP contribution in [-0.2, 0) is 4.74 Å². The second-order valence-corrected chi connectivity index (χ2v) is 3.94. The number of esters is 1. The van der Waals surface area contributed by atoms with E-state index in [1.165, 1.54) is 32.6 Å². The first kappa shape index (κ1) is 11.8. The van der Waals surface area contributed by atoms with Gasteiger partial charge in [0.05, 0.1) is 19.5 Å². The van der Waals surface area contributed by atoms with Crippen LogP contribution in [-0.4, -0.2) is 41.1 Å². The van der Waals surface area contributed by atoms with Crippen molar-refractivity contribution in [1.29, 1.82) is 0 Å². The zero-order chi connectivity index (χ0) is 12.1. The SMILES string of the molecule is COC(=O)c1cnc(NN2CCCCC2)cn1. The summed E-state index contributed by atoms with van der Waals surface area (Å²) in [5.41, 5.74) is 3.39. The van der Waals surface area contributed by atoms with Gasteiger partial charge in [-0.3, -0.25) is 0 Å². The van der Waals surface area contributed by atoms with E-state index in [0.717, 1.165) is 13.1 Å². The maximum absolute atomic E-state index is 11.2. The third kappa shape index (κ3) is 3.13. The molecule has 1 aliphatic heterocycles. The van der Waals surface area contributed by atoms with Crippen LogP contribution in [0.4, 0.5) is 5.82 Å². The lowest BCUT2D eigenvalue weighted by Gasteiger charge is -2.27. The Morgan fingerprint density at radius 1 is 1.29 bits per heavy atom. The number of hydrazine groups is 1. The third-order valence-electron chi connectivity index (χ3n) is 2.68. The number of piperidine rings is 1. The van der Waals surface area contributed by atoms with Crippen molar-refractivity contribution < 1.29 is 9.53 Å². The molecule has 0 aromatic carbocycles. The molecule has 0 atom stereocenters. The Morgan fingerprint density at radius 2 is 2.06 bits per heavy atom. The van der Waals surface area contributed by atoms with Gasteiger partial charge in [-0.1, -0.05) is 6.42 Å². The van der Waals surface area contributed by atoms with E-state index < -0.39 is 5.97 Å². The van der Waals surface area contributed by atoms with Crippen molar-refractivity contribution in [2.75, 3.05) is 25.6 Å². The number of hydrogen-bond acceptors (Lipinski definition) is 6. The Morgan fingerprint density at radius 3 is 2.65 bits per heavy atom. The van der Waals surface area contributed by atoms with Crippen LogP contribution in [0.1, 0.15) is 29.8 Å². The summed E-state index contributed by atoms with van der Waals surface area (Å²) in [6.07, 6.45) is 6.63. The molecule has 1 aliphatic rings. The molecule has 92 valence electrons. The fraction of sp³-hybridized carbons (Fsp3) is 0.545. The first-order valence-electron chi connectivity index (χ1n) is 5.71. The zero-order valence-corrected chi connectivity index (χ0v) is 9.85. The van der Waals surface area contributed by atoms with Crippen LogP contribution in [0, 0.1) is 0 Å². The zero-order valence-electron chi connectivity index (χ0n) is 9.85. The summed E-state index contributed by atoms with van der Waals surface area (Å²) in [5, 5.41) is 2.12. The monoisotopic (exact) mass is 236 g/mol. The average molecular weight is 236 g/mol. The Balaban J connectivity index is 1.95. The van der Waals surface area contributed by atoms with E-state index >= 15 is 0 Å². The molecular weight excluding hydrogens is 220 g/mol. The highest BCUT2D eigenvalue weighted by atomic mass is 16.5. The molecular formula is C11H16N4O2. The highest BCUT2D eigenvalue weighted by Gasteiger charge is 2.11. The van der Waals surface area contributed by atoms with E-state index in [9.17, 15) is 4.79 Å². The number of hydrogen-bond donors (Lipinski definition) is 1. The van der Waals surface area contributed by atoms with Crippen LogP contribution in [0.3, 0.4) is 0 Å². The van der Waals surface area contributed by atoms with Gasteiger partial charge in [-0.05, 0) is 12.8 Å². The molecule has 0 aliphatic carbocycles. The highest BCUT2D eigenvalue weighted by Crippen LogP contribution is 2.10. The van der Waals surface area contributed by atoms with Gasteiger partial charge in [0.25, 0.3) is 0 Å². The lowest BCUT2D eigenvalue weighted by molar-refractivity contribution is 0.0593. The number of nitrogens with one attached hydrogen (secondary N) is 1. The highest BCUT2D eigenvalue weighted by molar-refractivity contribution is 5.86. The minimum atomic E-state index is -0.470. The molecule has 0 radical (unpaired) electrons. The minimum absolute atomic E-state index is 0.219. The molecule has 0 bridgehead atoms.